The lowest BCUT2D eigenvalue weighted by Gasteiger charge is -2.37. The highest BCUT2D eigenvalue weighted by molar-refractivity contribution is 7.86. The Morgan fingerprint density at radius 1 is 1.19 bits per heavy atom. The largest absolute Gasteiger partial charge is 0.376 e. The van der Waals surface area contributed by atoms with Gasteiger partial charge in [0.05, 0.1) is 12.7 Å². The highest BCUT2D eigenvalue weighted by Gasteiger charge is 2.34. The summed E-state index contributed by atoms with van der Waals surface area (Å²) < 4.78 is 33.9. The van der Waals surface area contributed by atoms with Gasteiger partial charge < -0.3 is 10.1 Å². The molecule has 1 atom stereocenters. The molecule has 2 rings (SSSR count). The minimum Gasteiger partial charge on any atom is -0.376 e. The zero-order valence-electron chi connectivity index (χ0n) is 13.3. The lowest BCUT2D eigenvalue weighted by molar-refractivity contribution is 0.00788. The average molecular weight is 319 g/mol. The third kappa shape index (κ3) is 4.63. The van der Waals surface area contributed by atoms with Crippen LogP contribution in [-0.4, -0.2) is 69.0 Å². The monoisotopic (exact) mass is 319 g/mol. The van der Waals surface area contributed by atoms with Crippen molar-refractivity contribution < 1.29 is 13.2 Å². The second-order valence-corrected chi connectivity index (χ2v) is 8.02. The number of nitrogens with one attached hydrogen (secondary N) is 1. The fourth-order valence-corrected chi connectivity index (χ4v) is 4.69. The SMILES string of the molecule is CCCNCC1CCN(S(=O)(=O)N2CCOC(C)C2)CC1. The van der Waals surface area contributed by atoms with E-state index in [-0.39, 0.29) is 6.10 Å². The van der Waals surface area contributed by atoms with E-state index in [1.165, 1.54) is 0 Å². The minimum atomic E-state index is -3.30. The first-order chi connectivity index (χ1) is 10.0. The Kier molecular flexibility index (Phi) is 6.43. The van der Waals surface area contributed by atoms with E-state index in [1.54, 1.807) is 8.61 Å². The van der Waals surface area contributed by atoms with Crippen LogP contribution in [0.15, 0.2) is 0 Å². The molecule has 0 spiro atoms. The van der Waals surface area contributed by atoms with Crippen molar-refractivity contribution in [1.29, 1.82) is 0 Å². The third-order valence-corrected chi connectivity index (χ3v) is 6.29. The molecular formula is C14H29N3O3S. The number of hydrogen-bond acceptors (Lipinski definition) is 4. The standard InChI is InChI=1S/C14H29N3O3S/c1-3-6-15-11-14-4-7-16(8-5-14)21(18,19)17-9-10-20-13(2)12-17/h13-15H,3-12H2,1-2H3. The van der Waals surface area contributed by atoms with Crippen LogP contribution in [0.25, 0.3) is 0 Å². The summed E-state index contributed by atoms with van der Waals surface area (Å²) in [6.45, 7) is 8.88. The molecule has 2 aliphatic heterocycles. The Labute approximate surface area is 129 Å². The van der Waals surface area contributed by atoms with Crippen LogP contribution < -0.4 is 5.32 Å². The molecule has 0 aromatic rings. The van der Waals surface area contributed by atoms with Crippen LogP contribution in [-0.2, 0) is 14.9 Å². The van der Waals surface area contributed by atoms with Crippen LogP contribution in [0.3, 0.4) is 0 Å². The molecule has 2 heterocycles. The Morgan fingerprint density at radius 3 is 2.52 bits per heavy atom. The zero-order valence-corrected chi connectivity index (χ0v) is 14.1. The normalized spacial score (nSPS) is 27.0. The molecule has 0 aromatic heterocycles. The summed E-state index contributed by atoms with van der Waals surface area (Å²) in [6, 6.07) is 0. The predicted molar refractivity (Wildman–Crippen MR) is 83.4 cm³/mol. The van der Waals surface area contributed by atoms with Gasteiger partial charge in [-0.2, -0.15) is 17.0 Å². The molecule has 0 aliphatic carbocycles. The van der Waals surface area contributed by atoms with Crippen LogP contribution in [0.5, 0.6) is 0 Å². The van der Waals surface area contributed by atoms with Crippen LogP contribution in [0.2, 0.25) is 0 Å². The van der Waals surface area contributed by atoms with Gasteiger partial charge in [0.15, 0.2) is 0 Å². The van der Waals surface area contributed by atoms with E-state index in [0.29, 0.717) is 38.7 Å². The summed E-state index contributed by atoms with van der Waals surface area (Å²) in [5, 5.41) is 3.43. The molecule has 21 heavy (non-hydrogen) atoms. The quantitative estimate of drug-likeness (QED) is 0.731. The topological polar surface area (TPSA) is 61.9 Å². The van der Waals surface area contributed by atoms with Crippen molar-refractivity contribution in [1.82, 2.24) is 13.9 Å². The van der Waals surface area contributed by atoms with Gasteiger partial charge in [0, 0.05) is 26.2 Å². The maximum absolute atomic E-state index is 12.6. The summed E-state index contributed by atoms with van der Waals surface area (Å²) in [4.78, 5) is 0. The molecule has 2 fully saturated rings. The Bertz CT molecular complexity index is 408. The fraction of sp³-hybridized carbons (Fsp3) is 1.00. The molecule has 1 unspecified atom stereocenters. The van der Waals surface area contributed by atoms with Crippen molar-refractivity contribution in [2.75, 3.05) is 45.9 Å². The maximum atomic E-state index is 12.6. The first-order valence-electron chi connectivity index (χ1n) is 8.11. The van der Waals surface area contributed by atoms with Crippen molar-refractivity contribution in [3.05, 3.63) is 0 Å². The predicted octanol–water partition coefficient (Wildman–Crippen LogP) is 0.664. The Hall–Kier alpha value is -0.210. The van der Waals surface area contributed by atoms with Gasteiger partial charge in [-0.1, -0.05) is 6.92 Å². The van der Waals surface area contributed by atoms with Crippen molar-refractivity contribution in [2.24, 2.45) is 5.92 Å². The van der Waals surface area contributed by atoms with E-state index in [0.717, 1.165) is 32.4 Å². The van der Waals surface area contributed by atoms with Crippen LogP contribution >= 0.6 is 0 Å². The van der Waals surface area contributed by atoms with Gasteiger partial charge in [-0.05, 0) is 45.2 Å². The summed E-state index contributed by atoms with van der Waals surface area (Å²) in [5.41, 5.74) is 0. The number of hydrogen-bond donors (Lipinski definition) is 1. The Morgan fingerprint density at radius 2 is 1.90 bits per heavy atom. The van der Waals surface area contributed by atoms with E-state index in [2.05, 4.69) is 12.2 Å². The van der Waals surface area contributed by atoms with Crippen molar-refractivity contribution in [3.63, 3.8) is 0 Å². The highest BCUT2D eigenvalue weighted by Crippen LogP contribution is 2.22. The van der Waals surface area contributed by atoms with Gasteiger partial charge in [-0.15, -0.1) is 0 Å². The van der Waals surface area contributed by atoms with Gasteiger partial charge in [0.2, 0.25) is 0 Å². The second kappa shape index (κ2) is 7.87. The lowest BCUT2D eigenvalue weighted by Crippen LogP contribution is -2.52. The molecule has 124 valence electrons. The van der Waals surface area contributed by atoms with Crippen LogP contribution in [0.1, 0.15) is 33.1 Å². The molecule has 1 N–H and O–H groups in total. The number of piperidine rings is 1. The number of rotatable bonds is 6. The summed E-state index contributed by atoms with van der Waals surface area (Å²) in [6.07, 6.45) is 3.04. The van der Waals surface area contributed by atoms with E-state index in [9.17, 15) is 8.42 Å². The number of ether oxygens (including phenoxy) is 1. The van der Waals surface area contributed by atoms with Gasteiger partial charge in [-0.25, -0.2) is 0 Å². The summed E-state index contributed by atoms with van der Waals surface area (Å²) >= 11 is 0. The van der Waals surface area contributed by atoms with Gasteiger partial charge in [-0.3, -0.25) is 0 Å². The molecule has 7 heteroatoms. The van der Waals surface area contributed by atoms with Crippen molar-refractivity contribution >= 4 is 10.2 Å². The average Bonchev–Trinajstić information content (AvgIpc) is 2.48. The minimum absolute atomic E-state index is 0.00990. The maximum Gasteiger partial charge on any atom is 0.282 e. The van der Waals surface area contributed by atoms with Crippen LogP contribution in [0, 0.1) is 5.92 Å². The van der Waals surface area contributed by atoms with Gasteiger partial charge in [0.1, 0.15) is 0 Å². The third-order valence-electron chi connectivity index (χ3n) is 4.29. The molecular weight excluding hydrogens is 290 g/mol. The summed E-state index contributed by atoms with van der Waals surface area (Å²) in [5.74, 6) is 0.603. The lowest BCUT2D eigenvalue weighted by atomic mass is 9.98. The molecule has 0 aromatic carbocycles. The zero-order chi connectivity index (χ0) is 15.3. The van der Waals surface area contributed by atoms with E-state index >= 15 is 0 Å². The van der Waals surface area contributed by atoms with E-state index in [1.807, 2.05) is 6.92 Å². The molecule has 0 bridgehead atoms. The van der Waals surface area contributed by atoms with E-state index < -0.39 is 10.2 Å². The van der Waals surface area contributed by atoms with Crippen LogP contribution in [0.4, 0.5) is 0 Å². The molecule has 0 amide bonds. The number of morpholine rings is 1. The highest BCUT2D eigenvalue weighted by atomic mass is 32.2. The first kappa shape index (κ1) is 17.1. The first-order valence-corrected chi connectivity index (χ1v) is 9.51. The Balaban J connectivity index is 1.83. The summed E-state index contributed by atoms with van der Waals surface area (Å²) in [7, 11) is -3.30. The van der Waals surface area contributed by atoms with E-state index in [4.69, 9.17) is 4.74 Å². The number of nitrogens with zero attached hydrogens (tertiary/aromatic N) is 2. The van der Waals surface area contributed by atoms with Crippen molar-refractivity contribution in [3.8, 4) is 0 Å². The molecule has 6 nitrogen and oxygen atoms in total. The fourth-order valence-electron chi connectivity index (χ4n) is 2.99. The van der Waals surface area contributed by atoms with Crippen molar-refractivity contribution in [2.45, 2.75) is 39.2 Å². The smallest absolute Gasteiger partial charge is 0.282 e. The molecule has 2 saturated heterocycles. The molecule has 0 radical (unpaired) electrons. The molecule has 2 aliphatic rings. The van der Waals surface area contributed by atoms with Gasteiger partial charge in [0.25, 0.3) is 10.2 Å². The van der Waals surface area contributed by atoms with Gasteiger partial charge >= 0.3 is 0 Å². The molecule has 0 saturated carbocycles. The second-order valence-electron chi connectivity index (χ2n) is 6.09.